The fraction of sp³-hybridized carbons (Fsp3) is 0.200. The quantitative estimate of drug-likeness (QED) is 0.373. The van der Waals surface area contributed by atoms with Gasteiger partial charge in [-0.05, 0) is 61.9 Å². The lowest BCUT2D eigenvalue weighted by Crippen LogP contribution is -2.23. The van der Waals surface area contributed by atoms with E-state index in [1.807, 2.05) is 0 Å². The second-order valence-corrected chi connectivity index (χ2v) is 7.69. The second-order valence-electron chi connectivity index (χ2n) is 7.26. The highest BCUT2D eigenvalue weighted by Crippen LogP contribution is 2.33. The maximum Gasteiger partial charge on any atom is 0.335 e. The van der Waals surface area contributed by atoms with Crippen molar-refractivity contribution in [1.29, 1.82) is 0 Å². The molecule has 9 heteroatoms. The topological polar surface area (TPSA) is 115 Å². The van der Waals surface area contributed by atoms with Gasteiger partial charge in [-0.1, -0.05) is 11.6 Å². The third-order valence-electron chi connectivity index (χ3n) is 4.97. The molecule has 1 aromatic heterocycles. The van der Waals surface area contributed by atoms with Crippen molar-refractivity contribution >= 4 is 35.3 Å². The summed E-state index contributed by atoms with van der Waals surface area (Å²) in [7, 11) is 3.24. The number of carbonyl (C=O) groups is 3. The van der Waals surface area contributed by atoms with Gasteiger partial charge in [-0.2, -0.15) is 0 Å². The highest BCUT2D eigenvalue weighted by Gasteiger charge is 2.17. The minimum atomic E-state index is -0.896. The molecule has 0 spiro atoms. The molecule has 0 aliphatic heterocycles. The summed E-state index contributed by atoms with van der Waals surface area (Å²) in [4.78, 5) is 45.4. The molecule has 0 fully saturated rings. The van der Waals surface area contributed by atoms with Gasteiger partial charge in [0.1, 0.15) is 12.0 Å². The van der Waals surface area contributed by atoms with Crippen LogP contribution in [0.2, 0.25) is 5.02 Å². The number of pyridine rings is 1. The highest BCUT2D eigenvalue weighted by atomic mass is 35.5. The summed E-state index contributed by atoms with van der Waals surface area (Å²) in [6.07, 6.45) is 2.13. The number of aldehydes is 1. The summed E-state index contributed by atoms with van der Waals surface area (Å²) in [5.74, 6) is -0.667. The van der Waals surface area contributed by atoms with E-state index in [4.69, 9.17) is 21.4 Å². The van der Waals surface area contributed by atoms with Crippen LogP contribution in [0.5, 0.6) is 5.75 Å². The van der Waals surface area contributed by atoms with Crippen molar-refractivity contribution in [3.8, 4) is 16.9 Å². The van der Waals surface area contributed by atoms with Gasteiger partial charge < -0.3 is 24.5 Å². The summed E-state index contributed by atoms with van der Waals surface area (Å²) >= 11 is 6.03. The van der Waals surface area contributed by atoms with Crippen molar-refractivity contribution < 1.29 is 24.2 Å². The number of halogens is 1. The van der Waals surface area contributed by atoms with Crippen LogP contribution in [0.4, 0.5) is 5.69 Å². The maximum absolute atomic E-state index is 12.3. The number of carbonyl (C=O) groups excluding carboxylic acids is 2. The molecule has 1 heterocycles. The molecule has 3 rings (SSSR count). The van der Waals surface area contributed by atoms with Gasteiger partial charge >= 0.3 is 5.97 Å². The number of nitrogens with one attached hydrogen (secondary N) is 1. The molecule has 178 valence electrons. The fourth-order valence-corrected chi connectivity index (χ4v) is 3.28. The average Bonchev–Trinajstić information content (AvgIpc) is 2.83. The third-order valence-corrected chi connectivity index (χ3v) is 5.21. The van der Waals surface area contributed by atoms with Crippen molar-refractivity contribution in [2.75, 3.05) is 19.5 Å². The molecule has 8 nitrogen and oxygen atoms in total. The number of benzene rings is 2. The van der Waals surface area contributed by atoms with Crippen LogP contribution in [-0.4, -0.2) is 41.9 Å². The Morgan fingerprint density at radius 2 is 1.76 bits per heavy atom. The van der Waals surface area contributed by atoms with Crippen LogP contribution in [0, 0.1) is 0 Å². The number of nitrogens with zero attached hydrogens (tertiary/aromatic N) is 1. The Kier molecular flexibility index (Phi) is 9.15. The normalized spacial score (nSPS) is 11.0. The first kappa shape index (κ1) is 26.3. The number of methoxy groups -OCH3 is 1. The zero-order chi connectivity index (χ0) is 25.4. The van der Waals surface area contributed by atoms with Crippen LogP contribution in [0.3, 0.4) is 0 Å². The molecule has 34 heavy (non-hydrogen) atoms. The molecule has 0 saturated carbocycles. The van der Waals surface area contributed by atoms with Crippen LogP contribution in [0.15, 0.2) is 59.5 Å². The number of rotatable bonds is 7. The average molecular weight is 485 g/mol. The Morgan fingerprint density at radius 1 is 1.12 bits per heavy atom. The number of ether oxygens (including phenoxy) is 1. The van der Waals surface area contributed by atoms with E-state index in [1.165, 1.54) is 30.9 Å². The van der Waals surface area contributed by atoms with Crippen molar-refractivity contribution in [2.45, 2.75) is 19.9 Å². The first-order valence-corrected chi connectivity index (χ1v) is 10.6. The Balaban J connectivity index is 0.000000310. The number of carboxylic acid groups (broad SMARTS) is 1. The summed E-state index contributed by atoms with van der Waals surface area (Å²) in [6, 6.07) is 12.1. The monoisotopic (exact) mass is 484 g/mol. The fourth-order valence-electron chi connectivity index (χ4n) is 3.11. The third kappa shape index (κ3) is 6.32. The number of hydrogen-bond donors (Lipinski definition) is 2. The molecule has 2 aromatic carbocycles. The van der Waals surface area contributed by atoms with Gasteiger partial charge in [-0.3, -0.25) is 9.59 Å². The van der Waals surface area contributed by atoms with Gasteiger partial charge in [-0.15, -0.1) is 0 Å². The van der Waals surface area contributed by atoms with Gasteiger partial charge in [0.05, 0.1) is 24.9 Å². The second kappa shape index (κ2) is 11.8. The molecule has 0 saturated heterocycles. The highest BCUT2D eigenvalue weighted by molar-refractivity contribution is 6.31. The molecule has 0 aliphatic rings. The Morgan fingerprint density at radius 3 is 2.26 bits per heavy atom. The predicted octanol–water partition coefficient (Wildman–Crippen LogP) is 4.57. The van der Waals surface area contributed by atoms with E-state index in [1.54, 1.807) is 56.4 Å². The van der Waals surface area contributed by atoms with Crippen molar-refractivity contribution in [3.05, 3.63) is 81.2 Å². The minimum absolute atomic E-state index is 0.149. The van der Waals surface area contributed by atoms with Crippen LogP contribution in [0.25, 0.3) is 11.1 Å². The lowest BCUT2D eigenvalue weighted by Gasteiger charge is -2.16. The molecule has 0 bridgehead atoms. The molecule has 0 aliphatic carbocycles. The van der Waals surface area contributed by atoms with Gasteiger partial charge in [0.2, 0.25) is 0 Å². The van der Waals surface area contributed by atoms with Gasteiger partial charge in [0.15, 0.2) is 5.78 Å². The number of aromatic nitrogens is 1. The molecule has 2 N–H and O–H groups in total. The largest absolute Gasteiger partial charge is 0.495 e. The van der Waals surface area contributed by atoms with Gasteiger partial charge in [0, 0.05) is 35.0 Å². The van der Waals surface area contributed by atoms with E-state index >= 15 is 0 Å². The Hall–Kier alpha value is -3.91. The van der Waals surface area contributed by atoms with Gasteiger partial charge in [-0.25, -0.2) is 4.79 Å². The van der Waals surface area contributed by atoms with Crippen LogP contribution in [0.1, 0.15) is 40.6 Å². The van der Waals surface area contributed by atoms with Crippen molar-refractivity contribution in [1.82, 2.24) is 4.57 Å². The van der Waals surface area contributed by atoms with E-state index in [2.05, 4.69) is 5.32 Å². The van der Waals surface area contributed by atoms with E-state index < -0.39 is 12.0 Å². The summed E-state index contributed by atoms with van der Waals surface area (Å²) in [6.45, 7) is 3.04. The van der Waals surface area contributed by atoms with E-state index in [9.17, 15) is 19.2 Å². The molecular weight excluding hydrogens is 460 g/mol. The zero-order valence-corrected chi connectivity index (χ0v) is 19.9. The molecule has 0 radical (unpaired) electrons. The number of aromatic carboxylic acids is 1. The lowest BCUT2D eigenvalue weighted by molar-refractivity contribution is -0.110. The predicted molar refractivity (Wildman–Crippen MR) is 131 cm³/mol. The standard InChI is InChI=1S/C17H16ClNO4.C8H9NO2/c1-10(9-20)19-8-16(23-3)15(7-17(19)22)14-6-12(18)4-5-13(14)11(2)21;1-9-7-4-2-6(3-5-7)8(10)11/h4-10H,1-3H3;2-5,9H,1H3,(H,10,11). The van der Waals surface area contributed by atoms with E-state index in [0.717, 1.165) is 5.69 Å². The van der Waals surface area contributed by atoms with Crippen LogP contribution >= 0.6 is 11.6 Å². The smallest absolute Gasteiger partial charge is 0.335 e. The van der Waals surface area contributed by atoms with Crippen LogP contribution < -0.4 is 15.6 Å². The first-order chi connectivity index (χ1) is 16.1. The number of anilines is 1. The molecular formula is C25H25ClN2O6. The van der Waals surface area contributed by atoms with E-state index in [-0.39, 0.29) is 11.3 Å². The van der Waals surface area contributed by atoms with Crippen molar-refractivity contribution in [3.63, 3.8) is 0 Å². The molecule has 1 atom stereocenters. The SMILES string of the molecule is CNc1ccc(C(=O)O)cc1.COc1cn(C(C)C=O)c(=O)cc1-c1cc(Cl)ccc1C(C)=O. The molecule has 1 unspecified atom stereocenters. The summed E-state index contributed by atoms with van der Waals surface area (Å²) in [5.41, 5.74) is 2.27. The molecule has 3 aromatic rings. The van der Waals surface area contributed by atoms with Crippen molar-refractivity contribution in [2.24, 2.45) is 0 Å². The molecule has 0 amide bonds. The Bertz CT molecular complexity index is 1250. The maximum atomic E-state index is 12.3. The number of ketones is 1. The minimum Gasteiger partial charge on any atom is -0.495 e. The zero-order valence-electron chi connectivity index (χ0n) is 19.2. The number of carboxylic acids is 1. The summed E-state index contributed by atoms with van der Waals surface area (Å²) < 4.78 is 6.61. The number of Topliss-reactive ketones (excluding diaryl/α,β-unsaturated/α-hetero) is 1. The number of hydrogen-bond acceptors (Lipinski definition) is 6. The van der Waals surface area contributed by atoms with Gasteiger partial charge in [0.25, 0.3) is 5.56 Å². The summed E-state index contributed by atoms with van der Waals surface area (Å²) in [5, 5.41) is 11.9. The first-order valence-electron chi connectivity index (χ1n) is 10.2. The Labute approximate surface area is 201 Å². The van der Waals surface area contributed by atoms with Crippen LogP contribution in [-0.2, 0) is 4.79 Å². The lowest BCUT2D eigenvalue weighted by atomic mass is 9.97. The van der Waals surface area contributed by atoms with E-state index in [0.29, 0.717) is 39.3 Å².